The van der Waals surface area contributed by atoms with Crippen molar-refractivity contribution in [2.45, 2.75) is 18.5 Å². The Hall–Kier alpha value is -1.16. The lowest BCUT2D eigenvalue weighted by Gasteiger charge is -2.17. The summed E-state index contributed by atoms with van der Waals surface area (Å²) in [6, 6.07) is 19.2. The van der Waals surface area contributed by atoms with Crippen molar-refractivity contribution in [3.63, 3.8) is 0 Å². The average Bonchev–Trinajstić information content (AvgIpc) is 2.81. The van der Waals surface area contributed by atoms with Gasteiger partial charge in [0.15, 0.2) is 0 Å². The molecule has 1 aliphatic heterocycles. The zero-order valence-corrected chi connectivity index (χ0v) is 13.0. The Labute approximate surface area is 128 Å². The summed E-state index contributed by atoms with van der Waals surface area (Å²) in [5, 5.41) is 0. The van der Waals surface area contributed by atoms with Crippen molar-refractivity contribution in [3.05, 3.63) is 70.2 Å². The van der Waals surface area contributed by atoms with Crippen LogP contribution in [0.1, 0.15) is 17.0 Å². The molecule has 0 saturated carbocycles. The summed E-state index contributed by atoms with van der Waals surface area (Å²) < 4.78 is 1.17. The van der Waals surface area contributed by atoms with Gasteiger partial charge in [-0.2, -0.15) is 0 Å². The number of halogens is 1. The molecular weight excluding hydrogens is 312 g/mol. The van der Waals surface area contributed by atoms with E-state index in [0.29, 0.717) is 5.92 Å². The highest BCUT2D eigenvalue weighted by molar-refractivity contribution is 9.10. The minimum Gasteiger partial charge on any atom is -0.326 e. The van der Waals surface area contributed by atoms with Crippen LogP contribution in [0.15, 0.2) is 59.1 Å². The van der Waals surface area contributed by atoms with Gasteiger partial charge in [-0.15, -0.1) is 0 Å². The van der Waals surface area contributed by atoms with Crippen LogP contribution in [0.3, 0.4) is 0 Å². The SMILES string of the molecule is N[C@H]1CN(Cc2ccccc2)C[C@@H]1c1ccccc1Br. The Morgan fingerprint density at radius 2 is 1.70 bits per heavy atom. The molecule has 1 heterocycles. The second-order valence-corrected chi connectivity index (χ2v) is 6.33. The molecule has 104 valence electrons. The summed E-state index contributed by atoms with van der Waals surface area (Å²) in [7, 11) is 0. The molecule has 1 aliphatic rings. The van der Waals surface area contributed by atoms with E-state index in [4.69, 9.17) is 5.73 Å². The summed E-state index contributed by atoms with van der Waals surface area (Å²) in [5.74, 6) is 0.411. The maximum atomic E-state index is 6.36. The second-order valence-electron chi connectivity index (χ2n) is 5.47. The highest BCUT2D eigenvalue weighted by Gasteiger charge is 2.32. The molecule has 0 spiro atoms. The first kappa shape index (κ1) is 13.8. The lowest BCUT2D eigenvalue weighted by Crippen LogP contribution is -2.28. The molecule has 2 atom stereocenters. The molecule has 3 heteroatoms. The molecule has 2 aromatic carbocycles. The van der Waals surface area contributed by atoms with E-state index in [1.165, 1.54) is 15.6 Å². The van der Waals surface area contributed by atoms with Crippen molar-refractivity contribution < 1.29 is 0 Å². The molecule has 3 rings (SSSR count). The van der Waals surface area contributed by atoms with Gasteiger partial charge >= 0.3 is 0 Å². The lowest BCUT2D eigenvalue weighted by atomic mass is 9.95. The average molecular weight is 331 g/mol. The first-order chi connectivity index (χ1) is 9.74. The number of likely N-dealkylation sites (tertiary alicyclic amines) is 1. The van der Waals surface area contributed by atoms with Crippen molar-refractivity contribution in [1.29, 1.82) is 0 Å². The zero-order valence-electron chi connectivity index (χ0n) is 11.4. The van der Waals surface area contributed by atoms with Crippen molar-refractivity contribution in [2.75, 3.05) is 13.1 Å². The van der Waals surface area contributed by atoms with Gasteiger partial charge in [0.25, 0.3) is 0 Å². The molecule has 20 heavy (non-hydrogen) atoms. The van der Waals surface area contributed by atoms with Gasteiger partial charge in [0.2, 0.25) is 0 Å². The number of nitrogens with zero attached hydrogens (tertiary/aromatic N) is 1. The smallest absolute Gasteiger partial charge is 0.0250 e. The molecule has 0 aliphatic carbocycles. The van der Waals surface area contributed by atoms with Gasteiger partial charge in [-0.1, -0.05) is 64.5 Å². The first-order valence-corrected chi connectivity index (χ1v) is 7.79. The van der Waals surface area contributed by atoms with E-state index in [1.807, 2.05) is 0 Å². The Balaban J connectivity index is 1.73. The molecular formula is C17H19BrN2. The molecule has 2 nitrogen and oxygen atoms in total. The van der Waals surface area contributed by atoms with Crippen LogP contribution in [-0.4, -0.2) is 24.0 Å². The summed E-state index contributed by atoms with van der Waals surface area (Å²) >= 11 is 3.65. The monoisotopic (exact) mass is 330 g/mol. The van der Waals surface area contributed by atoms with E-state index in [-0.39, 0.29) is 6.04 Å². The highest BCUT2D eigenvalue weighted by Crippen LogP contribution is 2.32. The first-order valence-electron chi connectivity index (χ1n) is 7.00. The zero-order chi connectivity index (χ0) is 13.9. The van der Waals surface area contributed by atoms with E-state index in [2.05, 4.69) is 75.4 Å². The van der Waals surface area contributed by atoms with Crippen LogP contribution in [0.2, 0.25) is 0 Å². The minimum atomic E-state index is 0.206. The summed E-state index contributed by atoms with van der Waals surface area (Å²) in [4.78, 5) is 2.45. The lowest BCUT2D eigenvalue weighted by molar-refractivity contribution is 0.324. The van der Waals surface area contributed by atoms with E-state index in [1.54, 1.807) is 0 Å². The van der Waals surface area contributed by atoms with Gasteiger partial charge < -0.3 is 5.73 Å². The Morgan fingerprint density at radius 1 is 1.00 bits per heavy atom. The van der Waals surface area contributed by atoms with Crippen molar-refractivity contribution in [2.24, 2.45) is 5.73 Å². The molecule has 0 bridgehead atoms. The number of nitrogens with two attached hydrogens (primary N) is 1. The van der Waals surface area contributed by atoms with Crippen LogP contribution in [-0.2, 0) is 6.54 Å². The Bertz CT molecular complexity index is 570. The fraction of sp³-hybridized carbons (Fsp3) is 0.294. The van der Waals surface area contributed by atoms with Gasteiger partial charge in [-0.25, -0.2) is 0 Å². The quantitative estimate of drug-likeness (QED) is 0.934. The van der Waals surface area contributed by atoms with Gasteiger partial charge in [-0.3, -0.25) is 4.90 Å². The van der Waals surface area contributed by atoms with Crippen molar-refractivity contribution >= 4 is 15.9 Å². The fourth-order valence-corrected chi connectivity index (χ4v) is 3.57. The topological polar surface area (TPSA) is 29.3 Å². The maximum Gasteiger partial charge on any atom is 0.0250 e. The van der Waals surface area contributed by atoms with Crippen molar-refractivity contribution in [3.8, 4) is 0 Å². The molecule has 0 aromatic heterocycles. The largest absolute Gasteiger partial charge is 0.326 e. The summed E-state index contributed by atoms with van der Waals surface area (Å²) in [5.41, 5.74) is 9.04. The highest BCUT2D eigenvalue weighted by atomic mass is 79.9. The van der Waals surface area contributed by atoms with Crippen LogP contribution >= 0.6 is 15.9 Å². The minimum absolute atomic E-state index is 0.206. The van der Waals surface area contributed by atoms with E-state index in [9.17, 15) is 0 Å². The van der Waals surface area contributed by atoms with Gasteiger partial charge in [0.05, 0.1) is 0 Å². The predicted octanol–water partition coefficient (Wildman–Crippen LogP) is 3.38. The third-order valence-electron chi connectivity index (χ3n) is 3.99. The normalized spacial score (nSPS) is 23.1. The summed E-state index contributed by atoms with van der Waals surface area (Å²) in [6.07, 6.45) is 0. The number of hydrogen-bond acceptors (Lipinski definition) is 2. The number of rotatable bonds is 3. The second kappa shape index (κ2) is 6.08. The van der Waals surface area contributed by atoms with Gasteiger partial charge in [0.1, 0.15) is 0 Å². The van der Waals surface area contributed by atoms with Gasteiger partial charge in [0, 0.05) is 36.1 Å². The molecule has 1 fully saturated rings. The van der Waals surface area contributed by atoms with E-state index >= 15 is 0 Å². The van der Waals surface area contributed by atoms with Crippen LogP contribution in [0.4, 0.5) is 0 Å². The Kier molecular flexibility index (Phi) is 4.20. The van der Waals surface area contributed by atoms with Crippen LogP contribution in [0, 0.1) is 0 Å². The molecule has 0 amide bonds. The number of hydrogen-bond donors (Lipinski definition) is 1. The van der Waals surface area contributed by atoms with Crippen LogP contribution in [0.5, 0.6) is 0 Å². The fourth-order valence-electron chi connectivity index (χ4n) is 2.99. The molecule has 2 aromatic rings. The van der Waals surface area contributed by atoms with Crippen LogP contribution in [0.25, 0.3) is 0 Å². The van der Waals surface area contributed by atoms with E-state index in [0.717, 1.165) is 19.6 Å². The molecule has 0 unspecified atom stereocenters. The summed E-state index contributed by atoms with van der Waals surface area (Å²) in [6.45, 7) is 2.97. The third kappa shape index (κ3) is 2.95. The standard InChI is InChI=1S/C17H19BrN2/c18-16-9-5-4-8-14(16)15-11-20(12-17(15)19)10-13-6-2-1-3-7-13/h1-9,15,17H,10-12,19H2/t15-,17+/m1/s1. The third-order valence-corrected chi connectivity index (χ3v) is 4.72. The molecule has 1 saturated heterocycles. The van der Waals surface area contributed by atoms with Crippen molar-refractivity contribution in [1.82, 2.24) is 4.90 Å². The maximum absolute atomic E-state index is 6.36. The van der Waals surface area contributed by atoms with E-state index < -0.39 is 0 Å². The Morgan fingerprint density at radius 3 is 2.45 bits per heavy atom. The van der Waals surface area contributed by atoms with Crippen LogP contribution < -0.4 is 5.73 Å². The number of benzene rings is 2. The molecule has 2 N–H and O–H groups in total. The predicted molar refractivity (Wildman–Crippen MR) is 86.6 cm³/mol. The molecule has 0 radical (unpaired) electrons. The van der Waals surface area contributed by atoms with Gasteiger partial charge in [-0.05, 0) is 17.2 Å².